The van der Waals surface area contributed by atoms with Gasteiger partial charge in [-0.1, -0.05) is 57.5 Å². The monoisotopic (exact) mass is 383 g/mol. The summed E-state index contributed by atoms with van der Waals surface area (Å²) in [6, 6.07) is 20.7. The number of benzene rings is 1. The van der Waals surface area contributed by atoms with Crippen molar-refractivity contribution in [3.63, 3.8) is 0 Å². The lowest BCUT2D eigenvalue weighted by Crippen LogP contribution is -1.92. The Hall–Kier alpha value is -3.33. The van der Waals surface area contributed by atoms with Gasteiger partial charge in [0.1, 0.15) is 0 Å². The summed E-state index contributed by atoms with van der Waals surface area (Å²) < 4.78 is 0. The van der Waals surface area contributed by atoms with E-state index in [0.717, 1.165) is 28.1 Å². The van der Waals surface area contributed by atoms with Gasteiger partial charge in [0.2, 0.25) is 0 Å². The van der Waals surface area contributed by atoms with Crippen molar-refractivity contribution in [3.05, 3.63) is 91.0 Å². The van der Waals surface area contributed by atoms with Gasteiger partial charge in [0.25, 0.3) is 0 Å². The van der Waals surface area contributed by atoms with Gasteiger partial charge in [-0.05, 0) is 54.4 Å². The third-order valence-electron chi connectivity index (χ3n) is 4.09. The van der Waals surface area contributed by atoms with Crippen LogP contribution in [0.1, 0.15) is 33.3 Å². The number of hydrogen-bond donors (Lipinski definition) is 0. The zero-order chi connectivity index (χ0) is 21.1. The van der Waals surface area contributed by atoms with Crippen molar-refractivity contribution in [3.8, 4) is 33.6 Å². The fraction of sp³-hybridized carbons (Fsp3) is 0.192. The first kappa shape index (κ1) is 22.0. The number of nitrogens with zero attached hydrogens (tertiary/aromatic N) is 3. The molecule has 3 heteroatoms. The lowest BCUT2D eigenvalue weighted by Gasteiger charge is -2.10. The van der Waals surface area contributed by atoms with E-state index in [2.05, 4.69) is 53.3 Å². The highest BCUT2D eigenvalue weighted by molar-refractivity contribution is 5.76. The summed E-state index contributed by atoms with van der Waals surface area (Å²) in [6.45, 7) is 10.1. The highest BCUT2D eigenvalue weighted by Crippen LogP contribution is 2.29. The normalized spacial score (nSPS) is 9.55. The Bertz CT molecular complexity index is 939. The SMILES string of the molecule is CC.CC.Cc1cccc(-c2cc(-c3cccnc3)nc(-c3cccnc3)c2)c1. The van der Waals surface area contributed by atoms with E-state index in [1.54, 1.807) is 12.4 Å². The molecule has 1 aromatic carbocycles. The fourth-order valence-corrected chi connectivity index (χ4v) is 2.85. The predicted octanol–water partition coefficient (Wildman–Crippen LogP) is 7.23. The van der Waals surface area contributed by atoms with Gasteiger partial charge in [-0.2, -0.15) is 0 Å². The van der Waals surface area contributed by atoms with Crippen LogP contribution in [0.5, 0.6) is 0 Å². The molecule has 0 aliphatic carbocycles. The molecule has 3 aromatic heterocycles. The van der Waals surface area contributed by atoms with Crippen LogP contribution in [0.25, 0.3) is 33.6 Å². The zero-order valence-corrected chi connectivity index (χ0v) is 17.9. The Balaban J connectivity index is 0.000000707. The van der Waals surface area contributed by atoms with E-state index in [9.17, 15) is 0 Å². The first-order valence-corrected chi connectivity index (χ1v) is 10.2. The Morgan fingerprint density at radius 1 is 0.552 bits per heavy atom. The zero-order valence-electron chi connectivity index (χ0n) is 17.9. The fourth-order valence-electron chi connectivity index (χ4n) is 2.85. The van der Waals surface area contributed by atoms with E-state index >= 15 is 0 Å². The molecule has 0 spiro atoms. The van der Waals surface area contributed by atoms with E-state index < -0.39 is 0 Å². The van der Waals surface area contributed by atoms with Gasteiger partial charge in [-0.3, -0.25) is 9.97 Å². The summed E-state index contributed by atoms with van der Waals surface area (Å²) in [5.41, 5.74) is 7.37. The Morgan fingerprint density at radius 2 is 1.07 bits per heavy atom. The lowest BCUT2D eigenvalue weighted by molar-refractivity contribution is 1.26. The van der Waals surface area contributed by atoms with Crippen molar-refractivity contribution in [2.75, 3.05) is 0 Å². The average Bonchev–Trinajstić information content (AvgIpc) is 2.82. The lowest BCUT2D eigenvalue weighted by atomic mass is 10.00. The molecule has 4 aromatic rings. The van der Waals surface area contributed by atoms with Gasteiger partial charge >= 0.3 is 0 Å². The van der Waals surface area contributed by atoms with Crippen LogP contribution in [0.2, 0.25) is 0 Å². The maximum absolute atomic E-state index is 4.84. The minimum atomic E-state index is 0.908. The molecule has 0 atom stereocenters. The summed E-state index contributed by atoms with van der Waals surface area (Å²) in [7, 11) is 0. The van der Waals surface area contributed by atoms with Crippen molar-refractivity contribution in [2.45, 2.75) is 34.6 Å². The van der Waals surface area contributed by atoms with Gasteiger partial charge in [0, 0.05) is 35.9 Å². The summed E-state index contributed by atoms with van der Waals surface area (Å²) in [5.74, 6) is 0. The van der Waals surface area contributed by atoms with Gasteiger partial charge in [0.15, 0.2) is 0 Å². The number of rotatable bonds is 3. The van der Waals surface area contributed by atoms with E-state index in [1.165, 1.54) is 11.1 Å². The first-order valence-electron chi connectivity index (χ1n) is 10.2. The van der Waals surface area contributed by atoms with Crippen molar-refractivity contribution in [1.82, 2.24) is 15.0 Å². The van der Waals surface area contributed by atoms with Crippen molar-refractivity contribution >= 4 is 0 Å². The number of aromatic nitrogens is 3. The van der Waals surface area contributed by atoms with E-state index in [0.29, 0.717) is 0 Å². The summed E-state index contributed by atoms with van der Waals surface area (Å²) in [6.07, 6.45) is 7.23. The average molecular weight is 384 g/mol. The molecule has 0 radical (unpaired) electrons. The van der Waals surface area contributed by atoms with Crippen LogP contribution in [0.3, 0.4) is 0 Å². The van der Waals surface area contributed by atoms with Gasteiger partial charge in [-0.15, -0.1) is 0 Å². The standard InChI is InChI=1S/C22H17N3.2C2H6/c1-16-5-2-6-17(11-16)20-12-21(18-7-3-9-23-14-18)25-22(13-20)19-8-4-10-24-15-19;2*1-2/h2-15H,1H3;2*1-2H3. The Labute approximate surface area is 174 Å². The molecule has 0 unspecified atom stereocenters. The van der Waals surface area contributed by atoms with Crippen molar-refractivity contribution < 1.29 is 0 Å². The molecule has 3 nitrogen and oxygen atoms in total. The second kappa shape index (κ2) is 11.5. The largest absolute Gasteiger partial charge is 0.264 e. The predicted molar refractivity (Wildman–Crippen MR) is 124 cm³/mol. The molecule has 0 bridgehead atoms. The molecule has 4 rings (SSSR count). The van der Waals surface area contributed by atoms with Crippen molar-refractivity contribution in [1.29, 1.82) is 0 Å². The Morgan fingerprint density at radius 3 is 1.52 bits per heavy atom. The minimum absolute atomic E-state index is 0.908. The topological polar surface area (TPSA) is 38.7 Å². The molecule has 148 valence electrons. The van der Waals surface area contributed by atoms with Gasteiger partial charge in [0.05, 0.1) is 11.4 Å². The molecular weight excluding hydrogens is 354 g/mol. The van der Waals surface area contributed by atoms with Crippen LogP contribution in [0.4, 0.5) is 0 Å². The quantitative estimate of drug-likeness (QED) is 0.374. The number of pyridine rings is 3. The highest BCUT2D eigenvalue weighted by atomic mass is 14.7. The minimum Gasteiger partial charge on any atom is -0.264 e. The third-order valence-corrected chi connectivity index (χ3v) is 4.09. The number of aryl methyl sites for hydroxylation is 1. The molecule has 0 aliphatic heterocycles. The molecular formula is C26H29N3. The second-order valence-electron chi connectivity index (χ2n) is 5.98. The van der Waals surface area contributed by atoms with Crippen LogP contribution in [-0.2, 0) is 0 Å². The van der Waals surface area contributed by atoms with Gasteiger partial charge < -0.3 is 0 Å². The summed E-state index contributed by atoms with van der Waals surface area (Å²) in [5, 5.41) is 0. The molecule has 0 fully saturated rings. The van der Waals surface area contributed by atoms with Gasteiger partial charge in [-0.25, -0.2) is 4.98 Å². The van der Waals surface area contributed by atoms with E-state index in [-0.39, 0.29) is 0 Å². The molecule has 29 heavy (non-hydrogen) atoms. The molecule has 0 saturated carbocycles. The Kier molecular flexibility index (Phi) is 8.71. The van der Waals surface area contributed by atoms with Crippen LogP contribution in [0.15, 0.2) is 85.5 Å². The molecule has 0 N–H and O–H groups in total. The van der Waals surface area contributed by atoms with E-state index in [4.69, 9.17) is 4.98 Å². The highest BCUT2D eigenvalue weighted by Gasteiger charge is 2.09. The van der Waals surface area contributed by atoms with Crippen LogP contribution < -0.4 is 0 Å². The van der Waals surface area contributed by atoms with Crippen LogP contribution in [-0.4, -0.2) is 15.0 Å². The third kappa shape index (κ3) is 5.82. The summed E-state index contributed by atoms with van der Waals surface area (Å²) >= 11 is 0. The smallest absolute Gasteiger partial charge is 0.0731 e. The molecule has 0 saturated heterocycles. The molecule has 0 amide bonds. The maximum Gasteiger partial charge on any atom is 0.0731 e. The molecule has 3 heterocycles. The van der Waals surface area contributed by atoms with Crippen LogP contribution >= 0.6 is 0 Å². The molecule has 0 aliphatic rings. The maximum atomic E-state index is 4.84. The second-order valence-corrected chi connectivity index (χ2v) is 5.98. The van der Waals surface area contributed by atoms with Crippen LogP contribution in [0, 0.1) is 6.92 Å². The van der Waals surface area contributed by atoms with E-state index in [1.807, 2.05) is 64.4 Å². The first-order chi connectivity index (χ1) is 14.3. The van der Waals surface area contributed by atoms with Crippen molar-refractivity contribution in [2.24, 2.45) is 0 Å². The summed E-state index contributed by atoms with van der Waals surface area (Å²) in [4.78, 5) is 13.3. The number of hydrogen-bond acceptors (Lipinski definition) is 3.